The van der Waals surface area contributed by atoms with E-state index in [4.69, 9.17) is 0 Å². The van der Waals surface area contributed by atoms with E-state index in [1.165, 1.54) is 0 Å². The van der Waals surface area contributed by atoms with Gasteiger partial charge in [-0.15, -0.1) is 0 Å². The van der Waals surface area contributed by atoms with Gasteiger partial charge in [-0.2, -0.15) is 0 Å². The number of fused-ring (bicyclic) bond motifs is 1. The van der Waals surface area contributed by atoms with Crippen molar-refractivity contribution in [3.8, 4) is 0 Å². The number of anilines is 1. The summed E-state index contributed by atoms with van der Waals surface area (Å²) in [7, 11) is 0. The number of hydrogen-bond acceptors (Lipinski definition) is 2. The zero-order valence-corrected chi connectivity index (χ0v) is 12.6. The molecular weight excluding hydrogens is 260 g/mol. The lowest BCUT2D eigenvalue weighted by Gasteiger charge is -2.32. The molecule has 1 aliphatic heterocycles. The van der Waals surface area contributed by atoms with Gasteiger partial charge in [0.05, 0.1) is 0 Å². The van der Waals surface area contributed by atoms with Gasteiger partial charge in [0.1, 0.15) is 6.17 Å². The van der Waals surface area contributed by atoms with Crippen LogP contribution in [0.2, 0.25) is 0 Å². The molecule has 0 radical (unpaired) electrons. The second-order valence-corrected chi connectivity index (χ2v) is 6.39. The minimum atomic E-state index is -0.129. The molecule has 3 rings (SSSR count). The van der Waals surface area contributed by atoms with Gasteiger partial charge in [0.2, 0.25) is 0 Å². The Hall–Kier alpha value is -2.13. The van der Waals surface area contributed by atoms with Gasteiger partial charge < -0.3 is 0 Å². The zero-order chi connectivity index (χ0) is 15.0. The molecule has 1 heterocycles. The van der Waals surface area contributed by atoms with Crippen LogP contribution in [-0.2, 0) is 0 Å². The summed E-state index contributed by atoms with van der Waals surface area (Å²) in [5.41, 5.74) is 2.65. The fraction of sp³-hybridized carbons (Fsp3) is 0.278. The molecule has 0 aliphatic carbocycles. The SMILES string of the molecule is CC(C)(C)NC1c2ccccc2C(=O)N1c1ccccc1. The van der Waals surface area contributed by atoms with E-state index >= 15 is 0 Å². The minimum Gasteiger partial charge on any atom is -0.288 e. The number of carbonyl (C=O) groups is 1. The van der Waals surface area contributed by atoms with Gasteiger partial charge in [0.25, 0.3) is 5.91 Å². The van der Waals surface area contributed by atoms with E-state index in [9.17, 15) is 4.79 Å². The second-order valence-electron chi connectivity index (χ2n) is 6.39. The molecule has 0 fully saturated rings. The topological polar surface area (TPSA) is 32.3 Å². The molecule has 0 saturated heterocycles. The molecule has 0 spiro atoms. The molecular formula is C18H20N2O. The third-order valence-corrected chi connectivity index (χ3v) is 3.57. The van der Waals surface area contributed by atoms with Crippen LogP contribution < -0.4 is 10.2 Å². The van der Waals surface area contributed by atoms with Crippen molar-refractivity contribution < 1.29 is 4.79 Å². The summed E-state index contributed by atoms with van der Waals surface area (Å²) < 4.78 is 0. The maximum absolute atomic E-state index is 12.8. The Balaban J connectivity index is 2.08. The molecule has 1 amide bonds. The molecule has 108 valence electrons. The standard InChI is InChI=1S/C18H20N2O/c1-18(2,3)19-16-14-11-7-8-12-15(14)17(21)20(16)13-9-5-4-6-10-13/h4-12,16,19H,1-3H3. The zero-order valence-electron chi connectivity index (χ0n) is 12.6. The molecule has 2 aromatic carbocycles. The van der Waals surface area contributed by atoms with Crippen molar-refractivity contribution >= 4 is 11.6 Å². The number of benzene rings is 2. The Bertz CT molecular complexity index is 658. The van der Waals surface area contributed by atoms with Crippen LogP contribution in [0.4, 0.5) is 5.69 Å². The van der Waals surface area contributed by atoms with Gasteiger partial charge in [-0.1, -0.05) is 36.4 Å². The number of nitrogens with zero attached hydrogens (tertiary/aromatic N) is 1. The molecule has 0 saturated carbocycles. The summed E-state index contributed by atoms with van der Waals surface area (Å²) in [5, 5.41) is 3.56. The first-order chi connectivity index (χ1) is 9.97. The van der Waals surface area contributed by atoms with E-state index in [1.54, 1.807) is 0 Å². The monoisotopic (exact) mass is 280 g/mol. The first kappa shape index (κ1) is 13.8. The molecule has 1 unspecified atom stereocenters. The molecule has 0 bridgehead atoms. The predicted molar refractivity (Wildman–Crippen MR) is 85.3 cm³/mol. The van der Waals surface area contributed by atoms with Gasteiger partial charge >= 0.3 is 0 Å². The fourth-order valence-corrected chi connectivity index (χ4v) is 2.72. The molecule has 1 atom stereocenters. The second kappa shape index (κ2) is 5.01. The van der Waals surface area contributed by atoms with Gasteiger partial charge in [-0.3, -0.25) is 15.0 Å². The van der Waals surface area contributed by atoms with Crippen molar-refractivity contribution in [3.63, 3.8) is 0 Å². The summed E-state index contributed by atoms with van der Waals surface area (Å²) in [6.07, 6.45) is -0.129. The lowest BCUT2D eigenvalue weighted by molar-refractivity contribution is 0.0985. The van der Waals surface area contributed by atoms with E-state index in [0.29, 0.717) is 0 Å². The van der Waals surface area contributed by atoms with Crippen LogP contribution in [0.5, 0.6) is 0 Å². The maximum Gasteiger partial charge on any atom is 0.260 e. The smallest absolute Gasteiger partial charge is 0.260 e. The van der Waals surface area contributed by atoms with Gasteiger partial charge in [0, 0.05) is 22.4 Å². The average Bonchev–Trinajstić information content (AvgIpc) is 2.72. The Morgan fingerprint density at radius 3 is 2.24 bits per heavy atom. The molecule has 3 nitrogen and oxygen atoms in total. The highest BCUT2D eigenvalue weighted by Crippen LogP contribution is 2.36. The largest absolute Gasteiger partial charge is 0.288 e. The summed E-state index contributed by atoms with van der Waals surface area (Å²) >= 11 is 0. The van der Waals surface area contributed by atoms with E-state index in [0.717, 1.165) is 16.8 Å². The van der Waals surface area contributed by atoms with Crippen molar-refractivity contribution in [2.45, 2.75) is 32.5 Å². The molecule has 3 heteroatoms. The van der Waals surface area contributed by atoms with Crippen LogP contribution >= 0.6 is 0 Å². The van der Waals surface area contributed by atoms with Gasteiger partial charge in [0.15, 0.2) is 0 Å². The molecule has 1 N–H and O–H groups in total. The van der Waals surface area contributed by atoms with Crippen LogP contribution in [0.1, 0.15) is 42.9 Å². The van der Waals surface area contributed by atoms with Crippen molar-refractivity contribution in [3.05, 3.63) is 65.7 Å². The average molecular weight is 280 g/mol. The highest BCUT2D eigenvalue weighted by Gasteiger charge is 2.38. The summed E-state index contributed by atoms with van der Waals surface area (Å²) in [4.78, 5) is 14.6. The van der Waals surface area contributed by atoms with Crippen LogP contribution in [-0.4, -0.2) is 11.4 Å². The third kappa shape index (κ3) is 2.57. The summed E-state index contributed by atoms with van der Waals surface area (Å²) in [6.45, 7) is 6.34. The number of carbonyl (C=O) groups excluding carboxylic acids is 1. The number of amides is 1. The normalized spacial score (nSPS) is 18.0. The summed E-state index contributed by atoms with van der Waals surface area (Å²) in [6, 6.07) is 17.7. The Morgan fingerprint density at radius 1 is 0.952 bits per heavy atom. The van der Waals surface area contributed by atoms with Gasteiger partial charge in [-0.25, -0.2) is 0 Å². The van der Waals surface area contributed by atoms with Crippen LogP contribution in [0, 0.1) is 0 Å². The predicted octanol–water partition coefficient (Wildman–Crippen LogP) is 3.73. The van der Waals surface area contributed by atoms with E-state index in [2.05, 4.69) is 26.1 Å². The molecule has 0 aromatic heterocycles. The van der Waals surface area contributed by atoms with Crippen LogP contribution in [0.25, 0.3) is 0 Å². The minimum absolute atomic E-state index is 0.0542. The first-order valence-corrected chi connectivity index (χ1v) is 7.22. The van der Waals surface area contributed by atoms with Crippen molar-refractivity contribution in [2.75, 3.05) is 4.90 Å². The third-order valence-electron chi connectivity index (χ3n) is 3.57. The maximum atomic E-state index is 12.8. The van der Waals surface area contributed by atoms with Crippen LogP contribution in [0.15, 0.2) is 54.6 Å². The summed E-state index contributed by atoms with van der Waals surface area (Å²) in [5.74, 6) is 0.0542. The molecule has 1 aliphatic rings. The van der Waals surface area contributed by atoms with Crippen molar-refractivity contribution in [1.29, 1.82) is 0 Å². The van der Waals surface area contributed by atoms with E-state index in [1.807, 2.05) is 59.5 Å². The lowest BCUT2D eigenvalue weighted by Crippen LogP contribution is -2.45. The van der Waals surface area contributed by atoms with Gasteiger partial charge in [-0.05, 0) is 39.0 Å². The number of nitrogens with one attached hydrogen (secondary N) is 1. The highest BCUT2D eigenvalue weighted by atomic mass is 16.2. The molecule has 21 heavy (non-hydrogen) atoms. The Labute approximate surface area is 125 Å². The first-order valence-electron chi connectivity index (χ1n) is 7.22. The fourth-order valence-electron chi connectivity index (χ4n) is 2.72. The van der Waals surface area contributed by atoms with E-state index < -0.39 is 0 Å². The highest BCUT2D eigenvalue weighted by molar-refractivity contribution is 6.10. The Morgan fingerprint density at radius 2 is 1.57 bits per heavy atom. The lowest BCUT2D eigenvalue weighted by atomic mass is 10.0. The van der Waals surface area contributed by atoms with E-state index in [-0.39, 0.29) is 17.6 Å². The number of hydrogen-bond donors (Lipinski definition) is 1. The van der Waals surface area contributed by atoms with Crippen molar-refractivity contribution in [2.24, 2.45) is 0 Å². The quantitative estimate of drug-likeness (QED) is 0.909. The number of rotatable bonds is 2. The van der Waals surface area contributed by atoms with Crippen molar-refractivity contribution in [1.82, 2.24) is 5.32 Å². The van der Waals surface area contributed by atoms with Crippen LogP contribution in [0.3, 0.4) is 0 Å². The Kier molecular flexibility index (Phi) is 3.30. The molecule has 2 aromatic rings. The number of para-hydroxylation sites is 1.